The van der Waals surface area contributed by atoms with Gasteiger partial charge in [0.25, 0.3) is 0 Å². The first-order chi connectivity index (χ1) is 15.0. The molecule has 0 bridgehead atoms. The topological polar surface area (TPSA) is 66.8 Å². The number of carboxylic acids is 1. The zero-order chi connectivity index (χ0) is 21.5. The number of benzene rings is 3. The molecule has 0 radical (unpaired) electrons. The van der Waals surface area contributed by atoms with Gasteiger partial charge in [-0.3, -0.25) is 4.90 Å². The molecule has 0 aromatic heterocycles. The van der Waals surface area contributed by atoms with Gasteiger partial charge >= 0.3 is 12.1 Å². The van der Waals surface area contributed by atoms with Crippen LogP contribution in [0.25, 0.3) is 11.1 Å². The fraction of sp³-hybridized carbons (Fsp3) is 0.231. The standard InChI is InChI=1S/C26H23NO4/c1-16-7-6-8-17-14-27(24(25(28)29)13-22(16)17)26(30)31-15-23-20-11-4-2-9-18(20)19-10-3-5-12-21(19)23/h2-12,23-24H,13-15H2,1H3,(H,28,29)/t24-/m1/s1. The minimum Gasteiger partial charge on any atom is -0.480 e. The number of rotatable bonds is 3. The zero-order valence-electron chi connectivity index (χ0n) is 17.2. The van der Waals surface area contributed by atoms with Crippen LogP contribution >= 0.6 is 0 Å². The molecule has 0 spiro atoms. The van der Waals surface area contributed by atoms with E-state index in [-0.39, 0.29) is 19.1 Å². The van der Waals surface area contributed by atoms with E-state index >= 15 is 0 Å². The Hall–Kier alpha value is -3.60. The SMILES string of the molecule is Cc1cccc2c1C[C@H](C(=O)O)N(C(=O)OCC1c3ccccc3-c3ccccc31)C2. The Kier molecular flexibility index (Phi) is 4.74. The van der Waals surface area contributed by atoms with Crippen molar-refractivity contribution in [2.75, 3.05) is 6.61 Å². The van der Waals surface area contributed by atoms with Gasteiger partial charge in [-0.1, -0.05) is 66.7 Å². The maximum absolute atomic E-state index is 13.0. The van der Waals surface area contributed by atoms with E-state index in [2.05, 4.69) is 24.3 Å². The number of carbonyl (C=O) groups excluding carboxylic acids is 1. The molecule has 5 heteroatoms. The molecule has 1 heterocycles. The lowest BCUT2D eigenvalue weighted by atomic mass is 9.91. The Labute approximate surface area is 180 Å². The van der Waals surface area contributed by atoms with Crippen molar-refractivity contribution in [3.63, 3.8) is 0 Å². The van der Waals surface area contributed by atoms with E-state index in [0.29, 0.717) is 6.42 Å². The highest BCUT2D eigenvalue weighted by Gasteiger charge is 2.37. The molecule has 0 saturated carbocycles. The quantitative estimate of drug-likeness (QED) is 0.673. The van der Waals surface area contributed by atoms with Crippen LogP contribution in [0, 0.1) is 6.92 Å². The predicted molar refractivity (Wildman–Crippen MR) is 117 cm³/mol. The van der Waals surface area contributed by atoms with Gasteiger partial charge in [0, 0.05) is 12.3 Å². The number of carboxylic acid groups (broad SMARTS) is 1. The molecule has 1 aliphatic carbocycles. The summed E-state index contributed by atoms with van der Waals surface area (Å²) in [6.45, 7) is 2.39. The number of hydrogen-bond donors (Lipinski definition) is 1. The van der Waals surface area contributed by atoms with Crippen LogP contribution in [0.3, 0.4) is 0 Å². The summed E-state index contributed by atoms with van der Waals surface area (Å²) in [5, 5.41) is 9.76. The van der Waals surface area contributed by atoms with E-state index in [9.17, 15) is 14.7 Å². The van der Waals surface area contributed by atoms with Gasteiger partial charge in [0.1, 0.15) is 12.6 Å². The van der Waals surface area contributed by atoms with Crippen LogP contribution < -0.4 is 0 Å². The number of aliphatic carboxylic acids is 1. The molecular formula is C26H23NO4. The Morgan fingerprint density at radius 1 is 0.968 bits per heavy atom. The molecule has 2 aliphatic rings. The molecular weight excluding hydrogens is 390 g/mol. The molecule has 1 atom stereocenters. The molecule has 0 unspecified atom stereocenters. The van der Waals surface area contributed by atoms with Gasteiger partial charge in [-0.2, -0.15) is 0 Å². The Balaban J connectivity index is 1.39. The van der Waals surface area contributed by atoms with Crippen molar-refractivity contribution in [2.24, 2.45) is 0 Å². The number of aryl methyl sites for hydroxylation is 1. The largest absolute Gasteiger partial charge is 0.480 e. The van der Waals surface area contributed by atoms with Gasteiger partial charge in [-0.25, -0.2) is 9.59 Å². The highest BCUT2D eigenvalue weighted by molar-refractivity contribution is 5.82. The highest BCUT2D eigenvalue weighted by Crippen LogP contribution is 2.44. The summed E-state index contributed by atoms with van der Waals surface area (Å²) in [5.41, 5.74) is 7.62. The Morgan fingerprint density at radius 3 is 2.26 bits per heavy atom. The van der Waals surface area contributed by atoms with Crippen LogP contribution in [-0.2, 0) is 22.5 Å². The third kappa shape index (κ3) is 3.26. The summed E-state index contributed by atoms with van der Waals surface area (Å²) in [4.78, 5) is 26.3. The van der Waals surface area contributed by atoms with Gasteiger partial charge in [0.2, 0.25) is 0 Å². The highest BCUT2D eigenvalue weighted by atomic mass is 16.6. The summed E-state index contributed by atoms with van der Waals surface area (Å²) in [7, 11) is 0. The first-order valence-corrected chi connectivity index (χ1v) is 10.5. The minimum atomic E-state index is -1.01. The zero-order valence-corrected chi connectivity index (χ0v) is 17.2. The summed E-state index contributed by atoms with van der Waals surface area (Å²) in [6, 6.07) is 21.2. The number of carbonyl (C=O) groups is 2. The van der Waals surface area contributed by atoms with Crippen molar-refractivity contribution in [2.45, 2.75) is 31.8 Å². The van der Waals surface area contributed by atoms with E-state index in [1.54, 1.807) is 0 Å². The van der Waals surface area contributed by atoms with E-state index in [4.69, 9.17) is 4.74 Å². The second-order valence-corrected chi connectivity index (χ2v) is 8.20. The van der Waals surface area contributed by atoms with Crippen LogP contribution in [0.2, 0.25) is 0 Å². The maximum atomic E-state index is 13.0. The van der Waals surface area contributed by atoms with Gasteiger partial charge in [0.15, 0.2) is 0 Å². The van der Waals surface area contributed by atoms with Crippen LogP contribution in [0.5, 0.6) is 0 Å². The van der Waals surface area contributed by atoms with Crippen LogP contribution in [0.1, 0.15) is 33.7 Å². The Bertz CT molecular complexity index is 1140. The van der Waals surface area contributed by atoms with E-state index in [1.165, 1.54) is 4.90 Å². The van der Waals surface area contributed by atoms with Gasteiger partial charge in [-0.05, 0) is 45.9 Å². The maximum Gasteiger partial charge on any atom is 0.410 e. The minimum absolute atomic E-state index is 0.0565. The van der Waals surface area contributed by atoms with Crippen molar-refractivity contribution in [3.05, 3.63) is 94.5 Å². The fourth-order valence-electron chi connectivity index (χ4n) is 4.89. The van der Waals surface area contributed by atoms with Crippen molar-refractivity contribution in [3.8, 4) is 11.1 Å². The summed E-state index contributed by atoms with van der Waals surface area (Å²) < 4.78 is 5.73. The molecule has 0 fully saturated rings. The first kappa shape index (κ1) is 19.4. The Morgan fingerprint density at radius 2 is 1.61 bits per heavy atom. The number of nitrogens with zero attached hydrogens (tertiary/aromatic N) is 1. The van der Waals surface area contributed by atoms with Crippen molar-refractivity contribution >= 4 is 12.1 Å². The van der Waals surface area contributed by atoms with E-state index in [1.807, 2.05) is 49.4 Å². The lowest BCUT2D eigenvalue weighted by molar-refractivity contribution is -0.143. The van der Waals surface area contributed by atoms with Gasteiger partial charge in [-0.15, -0.1) is 0 Å². The van der Waals surface area contributed by atoms with Gasteiger partial charge < -0.3 is 9.84 Å². The second-order valence-electron chi connectivity index (χ2n) is 8.20. The van der Waals surface area contributed by atoms with Crippen LogP contribution in [0.15, 0.2) is 66.7 Å². The monoisotopic (exact) mass is 413 g/mol. The summed E-state index contributed by atoms with van der Waals surface area (Å²) in [6.07, 6.45) is -0.289. The average molecular weight is 413 g/mol. The third-order valence-electron chi connectivity index (χ3n) is 6.48. The molecule has 156 valence electrons. The van der Waals surface area contributed by atoms with Crippen LogP contribution in [0.4, 0.5) is 4.79 Å². The molecule has 3 aromatic rings. The average Bonchev–Trinajstić information content (AvgIpc) is 3.10. The lowest BCUT2D eigenvalue weighted by Crippen LogP contribution is -2.49. The van der Waals surface area contributed by atoms with Gasteiger partial charge in [0.05, 0.1) is 6.54 Å². The van der Waals surface area contributed by atoms with Crippen molar-refractivity contribution in [1.29, 1.82) is 0 Å². The molecule has 3 aromatic carbocycles. The third-order valence-corrected chi connectivity index (χ3v) is 6.48. The second kappa shape index (κ2) is 7.58. The molecule has 1 aliphatic heterocycles. The van der Waals surface area contributed by atoms with Crippen molar-refractivity contribution in [1.82, 2.24) is 4.90 Å². The smallest absolute Gasteiger partial charge is 0.410 e. The normalized spacial score (nSPS) is 16.9. The number of hydrogen-bond acceptors (Lipinski definition) is 3. The number of ether oxygens (including phenoxy) is 1. The van der Waals surface area contributed by atoms with Crippen LogP contribution in [-0.4, -0.2) is 34.7 Å². The summed E-state index contributed by atoms with van der Waals surface area (Å²) in [5.74, 6) is -1.07. The molecule has 1 N–H and O–H groups in total. The first-order valence-electron chi connectivity index (χ1n) is 10.5. The predicted octanol–water partition coefficient (Wildman–Crippen LogP) is 4.76. The van der Waals surface area contributed by atoms with E-state index in [0.717, 1.165) is 38.9 Å². The molecule has 0 saturated heterocycles. The molecule has 31 heavy (non-hydrogen) atoms. The van der Waals surface area contributed by atoms with Crippen molar-refractivity contribution < 1.29 is 19.4 Å². The lowest BCUT2D eigenvalue weighted by Gasteiger charge is -2.34. The molecule has 5 rings (SSSR count). The summed E-state index contributed by atoms with van der Waals surface area (Å²) >= 11 is 0. The number of fused-ring (bicyclic) bond motifs is 4. The molecule has 5 nitrogen and oxygen atoms in total. The molecule has 1 amide bonds. The number of amides is 1. The van der Waals surface area contributed by atoms with E-state index < -0.39 is 18.1 Å². The fourth-order valence-corrected chi connectivity index (χ4v) is 4.89.